The molecular formula is C11H10O5. The largest absolute Gasteiger partial charge is 0.497 e. The Morgan fingerprint density at radius 2 is 1.75 bits per heavy atom. The van der Waals surface area contributed by atoms with Gasteiger partial charge in [-0.2, -0.15) is 0 Å². The first kappa shape index (κ1) is 11.8. The van der Waals surface area contributed by atoms with Gasteiger partial charge in [-0.25, -0.2) is 9.59 Å². The number of hydrogen-bond acceptors (Lipinski definition) is 3. The highest BCUT2D eigenvalue weighted by molar-refractivity contribution is 6.19. The Labute approximate surface area is 91.6 Å². The first-order chi connectivity index (χ1) is 7.54. The summed E-state index contributed by atoms with van der Waals surface area (Å²) in [5, 5.41) is 17.4. The smallest absolute Gasteiger partial charge is 0.336 e. The van der Waals surface area contributed by atoms with E-state index in [4.69, 9.17) is 14.9 Å². The Hall–Kier alpha value is -2.30. The molecule has 5 heteroatoms. The van der Waals surface area contributed by atoms with E-state index >= 15 is 0 Å². The van der Waals surface area contributed by atoms with Crippen molar-refractivity contribution in [2.75, 3.05) is 7.11 Å². The van der Waals surface area contributed by atoms with Crippen LogP contribution in [0, 0.1) is 0 Å². The minimum absolute atomic E-state index is 0.268. The fraction of sp³-hybridized carbons (Fsp3) is 0.0909. The molecule has 1 rings (SSSR count). The number of carboxylic acid groups (broad SMARTS) is 2. The van der Waals surface area contributed by atoms with Crippen LogP contribution in [0.4, 0.5) is 0 Å². The number of carboxylic acids is 2. The number of hydrogen-bond donors (Lipinski definition) is 2. The standard InChI is InChI=1S/C11H10O5/c1-16-8-4-2-7(3-5-8)9(11(14)15)6-10(12)13/h2-6H,1H3,(H,12,13)(H,14,15). The van der Waals surface area contributed by atoms with Gasteiger partial charge in [0, 0.05) is 6.08 Å². The van der Waals surface area contributed by atoms with Crippen LogP contribution in [-0.2, 0) is 9.59 Å². The first-order valence-electron chi connectivity index (χ1n) is 4.37. The zero-order valence-electron chi connectivity index (χ0n) is 8.51. The minimum Gasteiger partial charge on any atom is -0.497 e. The number of benzene rings is 1. The number of methoxy groups -OCH3 is 1. The van der Waals surface area contributed by atoms with Crippen molar-refractivity contribution in [2.45, 2.75) is 0 Å². The molecule has 0 amide bonds. The first-order valence-corrected chi connectivity index (χ1v) is 4.37. The SMILES string of the molecule is COc1ccc(C(=CC(=O)O)C(=O)O)cc1. The maximum atomic E-state index is 10.8. The second kappa shape index (κ2) is 4.97. The Morgan fingerprint density at radius 1 is 1.19 bits per heavy atom. The van der Waals surface area contributed by atoms with Gasteiger partial charge in [0.15, 0.2) is 0 Å². The average molecular weight is 222 g/mol. The zero-order chi connectivity index (χ0) is 12.1. The Bertz CT molecular complexity index is 430. The summed E-state index contributed by atoms with van der Waals surface area (Å²) < 4.78 is 4.91. The van der Waals surface area contributed by atoms with Crippen LogP contribution in [-0.4, -0.2) is 29.3 Å². The summed E-state index contributed by atoms with van der Waals surface area (Å²) >= 11 is 0. The highest BCUT2D eigenvalue weighted by Gasteiger charge is 2.12. The van der Waals surface area contributed by atoms with E-state index in [0.29, 0.717) is 17.4 Å². The second-order valence-corrected chi connectivity index (χ2v) is 2.93. The quantitative estimate of drug-likeness (QED) is 0.749. The monoisotopic (exact) mass is 222 g/mol. The molecule has 0 aliphatic rings. The lowest BCUT2D eigenvalue weighted by atomic mass is 10.1. The van der Waals surface area contributed by atoms with Gasteiger partial charge in [0.25, 0.3) is 0 Å². The highest BCUT2D eigenvalue weighted by atomic mass is 16.5. The molecule has 16 heavy (non-hydrogen) atoms. The molecule has 0 saturated carbocycles. The maximum absolute atomic E-state index is 10.8. The van der Waals surface area contributed by atoms with Gasteiger partial charge in [0.1, 0.15) is 5.75 Å². The third kappa shape index (κ3) is 2.84. The van der Waals surface area contributed by atoms with Crippen molar-refractivity contribution in [3.05, 3.63) is 35.9 Å². The van der Waals surface area contributed by atoms with Crippen LogP contribution in [0.5, 0.6) is 5.75 Å². The van der Waals surface area contributed by atoms with Crippen LogP contribution in [0.3, 0.4) is 0 Å². The molecule has 0 atom stereocenters. The van der Waals surface area contributed by atoms with Gasteiger partial charge in [0.05, 0.1) is 12.7 Å². The zero-order valence-corrected chi connectivity index (χ0v) is 8.51. The van der Waals surface area contributed by atoms with Crippen LogP contribution in [0.15, 0.2) is 30.3 Å². The van der Waals surface area contributed by atoms with Crippen molar-refractivity contribution in [3.63, 3.8) is 0 Å². The van der Waals surface area contributed by atoms with E-state index in [-0.39, 0.29) is 5.57 Å². The summed E-state index contributed by atoms with van der Waals surface area (Å²) in [5.41, 5.74) is 0.0471. The Balaban J connectivity index is 3.12. The van der Waals surface area contributed by atoms with Crippen LogP contribution < -0.4 is 4.74 Å². The summed E-state index contributed by atoms with van der Waals surface area (Å²) in [4.78, 5) is 21.3. The molecule has 0 bridgehead atoms. The molecule has 0 spiro atoms. The van der Waals surface area contributed by atoms with E-state index in [2.05, 4.69) is 0 Å². The molecule has 0 unspecified atom stereocenters. The van der Waals surface area contributed by atoms with Crippen molar-refractivity contribution in [3.8, 4) is 5.75 Å². The van der Waals surface area contributed by atoms with E-state index in [1.165, 1.54) is 19.2 Å². The molecule has 0 saturated heterocycles. The fourth-order valence-corrected chi connectivity index (χ4v) is 1.16. The molecule has 0 aliphatic carbocycles. The lowest BCUT2D eigenvalue weighted by Crippen LogP contribution is -2.03. The van der Waals surface area contributed by atoms with E-state index in [1.807, 2.05) is 0 Å². The normalized spacial score (nSPS) is 10.9. The van der Waals surface area contributed by atoms with E-state index in [0.717, 1.165) is 0 Å². The third-order valence-electron chi connectivity index (χ3n) is 1.90. The molecule has 0 aromatic heterocycles. The molecule has 84 valence electrons. The lowest BCUT2D eigenvalue weighted by molar-refractivity contribution is -0.133. The van der Waals surface area contributed by atoms with Crippen LogP contribution >= 0.6 is 0 Å². The number of carbonyl (C=O) groups is 2. The number of aliphatic carboxylic acids is 2. The summed E-state index contributed by atoms with van der Waals surface area (Å²) in [5.74, 6) is -2.01. The van der Waals surface area contributed by atoms with Crippen molar-refractivity contribution < 1.29 is 24.5 Å². The topological polar surface area (TPSA) is 83.8 Å². The van der Waals surface area contributed by atoms with Gasteiger partial charge in [0.2, 0.25) is 0 Å². The fourth-order valence-electron chi connectivity index (χ4n) is 1.16. The molecule has 0 heterocycles. The molecular weight excluding hydrogens is 212 g/mol. The van der Waals surface area contributed by atoms with E-state index < -0.39 is 11.9 Å². The molecule has 1 aromatic carbocycles. The van der Waals surface area contributed by atoms with Gasteiger partial charge < -0.3 is 14.9 Å². The van der Waals surface area contributed by atoms with Crippen LogP contribution in [0.2, 0.25) is 0 Å². The number of ether oxygens (including phenoxy) is 1. The van der Waals surface area contributed by atoms with Crippen LogP contribution in [0.25, 0.3) is 5.57 Å². The van der Waals surface area contributed by atoms with E-state index in [9.17, 15) is 9.59 Å². The predicted octanol–water partition coefficient (Wildman–Crippen LogP) is 1.25. The maximum Gasteiger partial charge on any atom is 0.336 e. The van der Waals surface area contributed by atoms with Crippen molar-refractivity contribution in [1.82, 2.24) is 0 Å². The molecule has 1 aromatic rings. The Kier molecular flexibility index (Phi) is 3.66. The molecule has 0 radical (unpaired) electrons. The van der Waals surface area contributed by atoms with Gasteiger partial charge >= 0.3 is 11.9 Å². The summed E-state index contributed by atoms with van der Waals surface area (Å²) in [6, 6.07) is 6.10. The van der Waals surface area contributed by atoms with Gasteiger partial charge in [-0.1, -0.05) is 12.1 Å². The third-order valence-corrected chi connectivity index (χ3v) is 1.90. The Morgan fingerprint density at radius 3 is 2.12 bits per heavy atom. The lowest BCUT2D eigenvalue weighted by Gasteiger charge is -2.03. The second-order valence-electron chi connectivity index (χ2n) is 2.93. The minimum atomic E-state index is -1.30. The molecule has 0 fully saturated rings. The van der Waals surface area contributed by atoms with Gasteiger partial charge in [-0.15, -0.1) is 0 Å². The van der Waals surface area contributed by atoms with E-state index in [1.54, 1.807) is 12.1 Å². The van der Waals surface area contributed by atoms with Gasteiger partial charge in [-0.05, 0) is 17.7 Å². The highest BCUT2D eigenvalue weighted by Crippen LogP contribution is 2.18. The summed E-state index contributed by atoms with van der Waals surface area (Å²) in [6.45, 7) is 0. The summed E-state index contributed by atoms with van der Waals surface area (Å²) in [6.07, 6.45) is 0.657. The molecule has 5 nitrogen and oxygen atoms in total. The molecule has 0 aliphatic heterocycles. The average Bonchev–Trinajstić information content (AvgIpc) is 2.25. The number of rotatable bonds is 4. The van der Waals surface area contributed by atoms with Gasteiger partial charge in [-0.3, -0.25) is 0 Å². The molecule has 2 N–H and O–H groups in total. The van der Waals surface area contributed by atoms with Crippen molar-refractivity contribution >= 4 is 17.5 Å². The van der Waals surface area contributed by atoms with Crippen LogP contribution in [0.1, 0.15) is 5.56 Å². The predicted molar refractivity (Wildman–Crippen MR) is 56.2 cm³/mol. The van der Waals surface area contributed by atoms with Crippen molar-refractivity contribution in [2.24, 2.45) is 0 Å². The summed E-state index contributed by atoms with van der Waals surface area (Å²) in [7, 11) is 1.49. The van der Waals surface area contributed by atoms with Crippen molar-refractivity contribution in [1.29, 1.82) is 0 Å².